The smallest absolute Gasteiger partial charge is 0.0529 e. The zero-order chi connectivity index (χ0) is 10.1. The van der Waals surface area contributed by atoms with Crippen molar-refractivity contribution >= 4 is 6.21 Å². The molecule has 76 valence electrons. The zero-order valence-electron chi connectivity index (χ0n) is 9.59. The molecular formula is C11H22N2. The van der Waals surface area contributed by atoms with Crippen molar-refractivity contribution in [1.82, 2.24) is 5.01 Å². The summed E-state index contributed by atoms with van der Waals surface area (Å²) in [5.74, 6) is 0. The summed E-state index contributed by atoms with van der Waals surface area (Å²) in [7, 11) is 0. The van der Waals surface area contributed by atoms with Crippen LogP contribution in [-0.2, 0) is 0 Å². The third-order valence-electron chi connectivity index (χ3n) is 2.95. The molecule has 0 unspecified atom stereocenters. The van der Waals surface area contributed by atoms with Gasteiger partial charge in [-0.15, -0.1) is 0 Å². The molecule has 0 aliphatic carbocycles. The van der Waals surface area contributed by atoms with Crippen LogP contribution in [0.1, 0.15) is 53.9 Å². The van der Waals surface area contributed by atoms with Crippen LogP contribution in [0.25, 0.3) is 0 Å². The van der Waals surface area contributed by atoms with Gasteiger partial charge in [-0.25, -0.2) is 0 Å². The quantitative estimate of drug-likeness (QED) is 0.569. The second-order valence-corrected chi connectivity index (χ2v) is 5.16. The summed E-state index contributed by atoms with van der Waals surface area (Å²) >= 11 is 0. The van der Waals surface area contributed by atoms with Crippen molar-refractivity contribution in [3.05, 3.63) is 0 Å². The van der Waals surface area contributed by atoms with E-state index in [0.29, 0.717) is 0 Å². The van der Waals surface area contributed by atoms with Gasteiger partial charge >= 0.3 is 0 Å². The van der Waals surface area contributed by atoms with Crippen LogP contribution in [0.2, 0.25) is 0 Å². The summed E-state index contributed by atoms with van der Waals surface area (Å²) in [6, 6.07) is 0. The first kappa shape index (κ1) is 10.6. The lowest BCUT2D eigenvalue weighted by atomic mass is 9.82. The van der Waals surface area contributed by atoms with E-state index >= 15 is 0 Å². The molecule has 2 nitrogen and oxygen atoms in total. The number of rotatable bonds is 1. The average molecular weight is 182 g/mol. The Morgan fingerprint density at radius 3 is 1.92 bits per heavy atom. The molecule has 0 N–H and O–H groups in total. The normalized spacial score (nSPS) is 26.7. The first-order chi connectivity index (χ1) is 5.90. The summed E-state index contributed by atoms with van der Waals surface area (Å²) in [6.45, 7) is 11.1. The molecule has 0 aromatic heterocycles. The highest BCUT2D eigenvalue weighted by molar-refractivity contribution is 5.52. The van der Waals surface area contributed by atoms with Crippen LogP contribution in [0.4, 0.5) is 0 Å². The van der Waals surface area contributed by atoms with E-state index in [4.69, 9.17) is 0 Å². The third kappa shape index (κ3) is 2.04. The summed E-state index contributed by atoms with van der Waals surface area (Å²) in [5, 5.41) is 6.76. The predicted octanol–water partition coefficient (Wildman–Crippen LogP) is 3.04. The predicted molar refractivity (Wildman–Crippen MR) is 58.0 cm³/mol. The summed E-state index contributed by atoms with van der Waals surface area (Å²) in [4.78, 5) is 0. The Morgan fingerprint density at radius 2 is 1.54 bits per heavy atom. The van der Waals surface area contributed by atoms with Gasteiger partial charge in [0.1, 0.15) is 0 Å². The molecule has 0 aromatic carbocycles. The highest BCUT2D eigenvalue weighted by Crippen LogP contribution is 2.38. The maximum Gasteiger partial charge on any atom is 0.0529 e. The Balaban J connectivity index is 2.90. The van der Waals surface area contributed by atoms with Crippen LogP contribution in [0.15, 0.2) is 5.10 Å². The van der Waals surface area contributed by atoms with Crippen LogP contribution in [0, 0.1) is 0 Å². The molecular weight excluding hydrogens is 160 g/mol. The zero-order valence-corrected chi connectivity index (χ0v) is 9.59. The summed E-state index contributed by atoms with van der Waals surface area (Å²) in [6.07, 6.45) is 5.70. The van der Waals surface area contributed by atoms with Crippen molar-refractivity contribution in [3.8, 4) is 0 Å². The van der Waals surface area contributed by atoms with Crippen molar-refractivity contribution < 1.29 is 0 Å². The van der Waals surface area contributed by atoms with Crippen molar-refractivity contribution in [2.24, 2.45) is 5.10 Å². The lowest BCUT2D eigenvalue weighted by Gasteiger charge is -2.51. The topological polar surface area (TPSA) is 15.6 Å². The lowest BCUT2D eigenvalue weighted by Crippen LogP contribution is -2.55. The van der Waals surface area contributed by atoms with Crippen molar-refractivity contribution in [2.75, 3.05) is 0 Å². The number of nitrogens with zero attached hydrogens (tertiary/aromatic N) is 2. The first-order valence-corrected chi connectivity index (χ1v) is 5.19. The van der Waals surface area contributed by atoms with E-state index in [-0.39, 0.29) is 11.1 Å². The second-order valence-electron chi connectivity index (χ2n) is 5.16. The highest BCUT2D eigenvalue weighted by Gasteiger charge is 2.40. The van der Waals surface area contributed by atoms with Gasteiger partial charge in [0, 0.05) is 6.21 Å². The molecule has 1 saturated heterocycles. The minimum Gasteiger partial charge on any atom is -0.286 e. The Kier molecular flexibility index (Phi) is 2.69. The maximum atomic E-state index is 4.50. The molecule has 0 atom stereocenters. The van der Waals surface area contributed by atoms with E-state index in [1.54, 1.807) is 0 Å². The van der Waals surface area contributed by atoms with Gasteiger partial charge in [-0.1, -0.05) is 0 Å². The van der Waals surface area contributed by atoms with E-state index in [2.05, 4.69) is 37.8 Å². The minimum atomic E-state index is 0.217. The van der Waals surface area contributed by atoms with Crippen LogP contribution < -0.4 is 0 Å². The van der Waals surface area contributed by atoms with E-state index in [1.165, 1.54) is 19.3 Å². The molecule has 0 aromatic rings. The SMILES string of the molecule is CC=NN1C(C)(C)CCCC1(C)C. The molecule has 13 heavy (non-hydrogen) atoms. The summed E-state index contributed by atoms with van der Waals surface area (Å²) < 4.78 is 0. The molecule has 0 bridgehead atoms. The highest BCUT2D eigenvalue weighted by atomic mass is 15.5. The first-order valence-electron chi connectivity index (χ1n) is 5.19. The van der Waals surface area contributed by atoms with Gasteiger partial charge in [-0.3, -0.25) is 5.01 Å². The molecule has 1 heterocycles. The minimum absolute atomic E-state index is 0.217. The molecule has 1 aliphatic rings. The molecule has 1 aliphatic heterocycles. The van der Waals surface area contributed by atoms with Gasteiger partial charge in [-0.05, 0) is 53.9 Å². The third-order valence-corrected chi connectivity index (χ3v) is 2.95. The van der Waals surface area contributed by atoms with Gasteiger partial charge in [-0.2, -0.15) is 5.10 Å². The van der Waals surface area contributed by atoms with Gasteiger partial charge < -0.3 is 0 Å². The van der Waals surface area contributed by atoms with Crippen LogP contribution >= 0.6 is 0 Å². The molecule has 0 spiro atoms. The lowest BCUT2D eigenvalue weighted by molar-refractivity contribution is -0.0241. The van der Waals surface area contributed by atoms with Crippen LogP contribution in [0.5, 0.6) is 0 Å². The molecule has 0 amide bonds. The number of hydrogen-bond donors (Lipinski definition) is 0. The number of piperidine rings is 1. The standard InChI is InChI=1S/C11H22N2/c1-6-12-13-10(2,3)8-7-9-11(13,4)5/h6H,7-9H2,1-5H3. The summed E-state index contributed by atoms with van der Waals surface area (Å²) in [5.41, 5.74) is 0.433. The van der Waals surface area contributed by atoms with Crippen molar-refractivity contribution in [3.63, 3.8) is 0 Å². The Bertz CT molecular complexity index is 188. The molecule has 1 rings (SSSR count). The van der Waals surface area contributed by atoms with E-state index in [1.807, 2.05) is 13.1 Å². The maximum absolute atomic E-state index is 4.50. The van der Waals surface area contributed by atoms with Crippen LogP contribution in [-0.4, -0.2) is 22.3 Å². The molecule has 1 fully saturated rings. The van der Waals surface area contributed by atoms with Gasteiger partial charge in [0.2, 0.25) is 0 Å². The Morgan fingerprint density at radius 1 is 1.08 bits per heavy atom. The fraction of sp³-hybridized carbons (Fsp3) is 0.909. The number of hydrogen-bond acceptors (Lipinski definition) is 2. The van der Waals surface area contributed by atoms with Gasteiger partial charge in [0.05, 0.1) is 11.1 Å². The fourth-order valence-electron chi connectivity index (χ4n) is 2.41. The van der Waals surface area contributed by atoms with E-state index < -0.39 is 0 Å². The van der Waals surface area contributed by atoms with Crippen molar-refractivity contribution in [1.29, 1.82) is 0 Å². The van der Waals surface area contributed by atoms with E-state index in [9.17, 15) is 0 Å². The molecule has 0 radical (unpaired) electrons. The Labute approximate surface area is 82.0 Å². The van der Waals surface area contributed by atoms with Crippen molar-refractivity contribution in [2.45, 2.75) is 65.0 Å². The molecule has 2 heteroatoms. The average Bonchev–Trinajstić information content (AvgIpc) is 1.96. The largest absolute Gasteiger partial charge is 0.286 e. The van der Waals surface area contributed by atoms with E-state index in [0.717, 1.165) is 0 Å². The second kappa shape index (κ2) is 3.32. The Hall–Kier alpha value is -0.530. The fourth-order valence-corrected chi connectivity index (χ4v) is 2.41. The monoisotopic (exact) mass is 182 g/mol. The molecule has 0 saturated carbocycles. The van der Waals surface area contributed by atoms with Gasteiger partial charge in [0.15, 0.2) is 0 Å². The number of hydrazone groups is 1. The van der Waals surface area contributed by atoms with Gasteiger partial charge in [0.25, 0.3) is 0 Å². The van der Waals surface area contributed by atoms with Crippen LogP contribution in [0.3, 0.4) is 0 Å².